The van der Waals surface area contributed by atoms with Gasteiger partial charge in [0, 0.05) is 13.7 Å². The van der Waals surface area contributed by atoms with E-state index >= 15 is 0 Å². The van der Waals surface area contributed by atoms with Gasteiger partial charge >= 0.3 is 0 Å². The van der Waals surface area contributed by atoms with Gasteiger partial charge in [-0.2, -0.15) is 0 Å². The normalized spacial score (nSPS) is 13.7. The van der Waals surface area contributed by atoms with Gasteiger partial charge in [0.1, 0.15) is 5.60 Å². The predicted octanol–water partition coefficient (Wildman–Crippen LogP) is 3.72. The summed E-state index contributed by atoms with van der Waals surface area (Å²) < 4.78 is 5.49. The summed E-state index contributed by atoms with van der Waals surface area (Å²) in [5.41, 5.74) is 0.483. The summed E-state index contributed by atoms with van der Waals surface area (Å²) >= 11 is 0. The van der Waals surface area contributed by atoms with Crippen molar-refractivity contribution in [2.24, 2.45) is 0 Å². The molecular weight excluding hydrogens is 262 g/mol. The van der Waals surface area contributed by atoms with Crippen molar-refractivity contribution in [2.45, 2.75) is 58.0 Å². The first-order valence-corrected chi connectivity index (χ1v) is 7.99. The lowest BCUT2D eigenvalue weighted by molar-refractivity contribution is -0.142. The monoisotopic (exact) mass is 291 g/mol. The molecule has 0 aromatic heterocycles. The van der Waals surface area contributed by atoms with Gasteiger partial charge in [0.05, 0.1) is 0 Å². The van der Waals surface area contributed by atoms with E-state index in [2.05, 4.69) is 24.4 Å². The number of nitrogens with one attached hydrogen (secondary N) is 1. The number of ether oxygens (including phenoxy) is 1. The van der Waals surface area contributed by atoms with E-state index in [0.29, 0.717) is 6.42 Å². The molecule has 0 heterocycles. The molecule has 118 valence electrons. The molecule has 1 atom stereocenters. The molecule has 1 rings (SSSR count). The van der Waals surface area contributed by atoms with Gasteiger partial charge in [-0.05, 0) is 31.7 Å². The summed E-state index contributed by atoms with van der Waals surface area (Å²) in [6, 6.07) is 10.2. The molecule has 0 aliphatic heterocycles. The Morgan fingerprint density at radius 1 is 1.19 bits per heavy atom. The first-order valence-electron chi connectivity index (χ1n) is 7.99. The highest BCUT2D eigenvalue weighted by molar-refractivity contribution is 5.84. The molecule has 3 heteroatoms. The number of unbranched alkanes of at least 4 members (excludes halogenated alkanes) is 3. The number of hydrogen-bond acceptors (Lipinski definition) is 2. The highest BCUT2D eigenvalue weighted by atomic mass is 16.5. The van der Waals surface area contributed by atoms with Crippen molar-refractivity contribution >= 4 is 5.91 Å². The van der Waals surface area contributed by atoms with E-state index in [0.717, 1.165) is 19.4 Å². The van der Waals surface area contributed by atoms with Gasteiger partial charge < -0.3 is 10.1 Å². The molecule has 0 bridgehead atoms. The zero-order chi connectivity index (χ0) is 15.6. The van der Waals surface area contributed by atoms with Crippen LogP contribution in [0.5, 0.6) is 0 Å². The largest absolute Gasteiger partial charge is 0.369 e. The second-order valence-corrected chi connectivity index (χ2v) is 5.74. The number of rotatable bonds is 10. The molecule has 0 fully saturated rings. The number of hydrogen-bond donors (Lipinski definition) is 1. The zero-order valence-corrected chi connectivity index (χ0v) is 13.7. The lowest BCUT2D eigenvalue weighted by Crippen LogP contribution is -2.46. The summed E-state index contributed by atoms with van der Waals surface area (Å²) in [5, 5.41) is 3.01. The first-order chi connectivity index (χ1) is 10.1. The Balaban J connectivity index is 2.40. The smallest absolute Gasteiger partial charge is 0.251 e. The summed E-state index contributed by atoms with van der Waals surface area (Å²) in [6.45, 7) is 4.80. The van der Waals surface area contributed by atoms with Crippen LogP contribution in [0.4, 0.5) is 0 Å². The third kappa shape index (κ3) is 6.30. The van der Waals surface area contributed by atoms with E-state index in [1.54, 1.807) is 7.11 Å². The Morgan fingerprint density at radius 3 is 2.52 bits per heavy atom. The Hall–Kier alpha value is -1.35. The van der Waals surface area contributed by atoms with Gasteiger partial charge in [-0.25, -0.2) is 0 Å². The first kappa shape index (κ1) is 17.7. The maximum atomic E-state index is 12.3. The van der Waals surface area contributed by atoms with Gasteiger partial charge in [0.25, 0.3) is 5.91 Å². The van der Waals surface area contributed by atoms with Crippen LogP contribution in [0.2, 0.25) is 0 Å². The van der Waals surface area contributed by atoms with Crippen LogP contribution in [0.3, 0.4) is 0 Å². The van der Waals surface area contributed by atoms with Crippen LogP contribution in [0, 0.1) is 0 Å². The van der Waals surface area contributed by atoms with Crippen molar-refractivity contribution in [1.29, 1.82) is 0 Å². The summed E-state index contributed by atoms with van der Waals surface area (Å²) in [5.74, 6) is -0.00238. The van der Waals surface area contributed by atoms with Gasteiger partial charge in [-0.15, -0.1) is 0 Å². The Labute approximate surface area is 129 Å². The van der Waals surface area contributed by atoms with Crippen LogP contribution in [-0.4, -0.2) is 25.2 Å². The van der Waals surface area contributed by atoms with Crippen molar-refractivity contribution in [3.8, 4) is 0 Å². The number of benzene rings is 1. The van der Waals surface area contributed by atoms with E-state index in [4.69, 9.17) is 4.74 Å². The second kappa shape index (κ2) is 9.56. The fourth-order valence-corrected chi connectivity index (χ4v) is 2.28. The van der Waals surface area contributed by atoms with Crippen LogP contribution in [0.15, 0.2) is 30.3 Å². The van der Waals surface area contributed by atoms with Crippen LogP contribution < -0.4 is 5.32 Å². The van der Waals surface area contributed by atoms with Crippen LogP contribution in [0.25, 0.3) is 0 Å². The van der Waals surface area contributed by atoms with Crippen molar-refractivity contribution in [3.63, 3.8) is 0 Å². The quantitative estimate of drug-likeness (QED) is 0.667. The standard InChI is InChI=1S/C18H29NO2/c1-4-5-6-10-15-19-17(20)18(2,21-3)14-13-16-11-8-7-9-12-16/h7-9,11-12H,4-6,10,13-15H2,1-3H3,(H,19,20). The molecule has 0 saturated heterocycles. The van der Waals surface area contributed by atoms with E-state index in [1.807, 2.05) is 25.1 Å². The maximum Gasteiger partial charge on any atom is 0.251 e. The molecular formula is C18H29NO2. The van der Waals surface area contributed by atoms with Gasteiger partial charge in [0.2, 0.25) is 0 Å². The number of methoxy groups -OCH3 is 1. The topological polar surface area (TPSA) is 38.3 Å². The molecule has 0 saturated carbocycles. The number of carbonyl (C=O) groups is 1. The number of carbonyl (C=O) groups excluding carboxylic acids is 1. The summed E-state index contributed by atoms with van der Waals surface area (Å²) in [4.78, 5) is 12.3. The minimum absolute atomic E-state index is 0.00238. The Morgan fingerprint density at radius 2 is 1.90 bits per heavy atom. The van der Waals surface area contributed by atoms with E-state index < -0.39 is 5.60 Å². The average molecular weight is 291 g/mol. The second-order valence-electron chi connectivity index (χ2n) is 5.74. The van der Waals surface area contributed by atoms with Crippen molar-refractivity contribution in [2.75, 3.05) is 13.7 Å². The van der Waals surface area contributed by atoms with E-state index in [-0.39, 0.29) is 5.91 Å². The Kier molecular flexibility index (Phi) is 8.06. The minimum atomic E-state index is -0.749. The highest BCUT2D eigenvalue weighted by Gasteiger charge is 2.32. The predicted molar refractivity (Wildman–Crippen MR) is 87.3 cm³/mol. The molecule has 1 amide bonds. The van der Waals surface area contributed by atoms with Crippen LogP contribution in [-0.2, 0) is 16.0 Å². The summed E-state index contributed by atoms with van der Waals surface area (Å²) in [6.07, 6.45) is 6.18. The molecule has 0 aliphatic carbocycles. The van der Waals surface area contributed by atoms with Crippen molar-refractivity contribution in [1.82, 2.24) is 5.32 Å². The van der Waals surface area contributed by atoms with Gasteiger partial charge in [0.15, 0.2) is 0 Å². The van der Waals surface area contributed by atoms with Crippen molar-refractivity contribution < 1.29 is 9.53 Å². The lowest BCUT2D eigenvalue weighted by Gasteiger charge is -2.27. The fraction of sp³-hybridized carbons (Fsp3) is 0.611. The molecule has 1 aromatic rings. The highest BCUT2D eigenvalue weighted by Crippen LogP contribution is 2.18. The van der Waals surface area contributed by atoms with Crippen molar-refractivity contribution in [3.05, 3.63) is 35.9 Å². The molecule has 0 spiro atoms. The van der Waals surface area contributed by atoms with Gasteiger partial charge in [-0.3, -0.25) is 4.79 Å². The van der Waals surface area contributed by atoms with Gasteiger partial charge in [-0.1, -0.05) is 56.5 Å². The average Bonchev–Trinajstić information content (AvgIpc) is 2.53. The molecule has 1 unspecified atom stereocenters. The zero-order valence-electron chi connectivity index (χ0n) is 13.7. The van der Waals surface area contributed by atoms with E-state index in [9.17, 15) is 4.79 Å². The van der Waals surface area contributed by atoms with Crippen LogP contribution in [0.1, 0.15) is 51.5 Å². The molecule has 3 nitrogen and oxygen atoms in total. The lowest BCUT2D eigenvalue weighted by atomic mass is 9.95. The summed E-state index contributed by atoms with van der Waals surface area (Å²) in [7, 11) is 1.61. The third-order valence-corrected chi connectivity index (χ3v) is 3.98. The minimum Gasteiger partial charge on any atom is -0.369 e. The number of amides is 1. The molecule has 1 N–H and O–H groups in total. The molecule has 21 heavy (non-hydrogen) atoms. The maximum absolute atomic E-state index is 12.3. The SMILES string of the molecule is CCCCCCNC(=O)C(C)(CCc1ccccc1)OC. The number of aryl methyl sites for hydroxylation is 1. The molecule has 1 aromatic carbocycles. The Bertz CT molecular complexity index is 405. The molecule has 0 radical (unpaired) electrons. The fourth-order valence-electron chi connectivity index (χ4n) is 2.28. The third-order valence-electron chi connectivity index (χ3n) is 3.98. The molecule has 0 aliphatic rings. The van der Waals surface area contributed by atoms with Crippen LogP contribution >= 0.6 is 0 Å². The van der Waals surface area contributed by atoms with E-state index in [1.165, 1.54) is 24.8 Å².